The molecular weight excluding hydrogens is 386 g/mol. The Balaban J connectivity index is 1.93. The first-order chi connectivity index (χ1) is 14.0. The highest BCUT2D eigenvalue weighted by atomic mass is 16.5. The molecule has 8 nitrogen and oxygen atoms in total. The van der Waals surface area contributed by atoms with Crippen molar-refractivity contribution in [1.82, 2.24) is 10.3 Å². The van der Waals surface area contributed by atoms with Crippen LogP contribution in [-0.2, 0) is 14.3 Å². The summed E-state index contributed by atoms with van der Waals surface area (Å²) in [7, 11) is 0. The van der Waals surface area contributed by atoms with Crippen molar-refractivity contribution in [2.75, 3.05) is 11.9 Å². The number of carbonyl (C=O) groups is 4. The van der Waals surface area contributed by atoms with E-state index in [-0.39, 0.29) is 23.9 Å². The molecule has 160 valence electrons. The maximum Gasteiger partial charge on any atom is 0.355 e. The number of hydrogen-bond donors (Lipinski definition) is 3. The van der Waals surface area contributed by atoms with Gasteiger partial charge in [-0.2, -0.15) is 0 Å². The predicted octanol–water partition coefficient (Wildman–Crippen LogP) is 2.75. The number of aryl methyl sites for hydroxylation is 3. The minimum absolute atomic E-state index is 0.130. The second-order valence-corrected chi connectivity index (χ2v) is 7.26. The molecule has 1 heterocycles. The summed E-state index contributed by atoms with van der Waals surface area (Å²) in [4.78, 5) is 51.3. The molecule has 0 aliphatic rings. The number of benzene rings is 1. The molecular formula is C22H27N3O5. The third-order valence-electron chi connectivity index (χ3n) is 4.82. The SMILES string of the molecule is CC(=O)c1c(C)[nH]c(C(=O)OC(C)C(=O)NCC(=O)Nc2c(C)cccc2C)c1C. The van der Waals surface area contributed by atoms with Crippen molar-refractivity contribution in [3.63, 3.8) is 0 Å². The fourth-order valence-corrected chi connectivity index (χ4v) is 3.26. The largest absolute Gasteiger partial charge is 0.448 e. The van der Waals surface area contributed by atoms with Gasteiger partial charge in [0.2, 0.25) is 5.91 Å². The molecule has 1 atom stereocenters. The van der Waals surface area contributed by atoms with Gasteiger partial charge in [-0.15, -0.1) is 0 Å². The number of Topliss-reactive ketones (excluding diaryl/α,β-unsaturated/α-hetero) is 1. The number of aromatic nitrogens is 1. The monoisotopic (exact) mass is 413 g/mol. The molecule has 0 aliphatic carbocycles. The lowest BCUT2D eigenvalue weighted by molar-refractivity contribution is -0.130. The lowest BCUT2D eigenvalue weighted by atomic mass is 10.1. The van der Waals surface area contributed by atoms with Gasteiger partial charge in [0.15, 0.2) is 11.9 Å². The highest BCUT2D eigenvalue weighted by Gasteiger charge is 2.25. The Labute approximate surface area is 175 Å². The molecule has 0 aliphatic heterocycles. The van der Waals surface area contributed by atoms with Gasteiger partial charge in [-0.1, -0.05) is 18.2 Å². The molecule has 0 saturated heterocycles. The molecule has 0 saturated carbocycles. The van der Waals surface area contributed by atoms with Crippen molar-refractivity contribution < 1.29 is 23.9 Å². The van der Waals surface area contributed by atoms with E-state index in [1.165, 1.54) is 13.8 Å². The Morgan fingerprint density at radius 1 is 1.07 bits per heavy atom. The van der Waals surface area contributed by atoms with E-state index in [0.29, 0.717) is 22.5 Å². The van der Waals surface area contributed by atoms with Crippen LogP contribution in [0.4, 0.5) is 5.69 Å². The number of para-hydroxylation sites is 1. The fraction of sp³-hybridized carbons (Fsp3) is 0.364. The van der Waals surface area contributed by atoms with Crippen LogP contribution >= 0.6 is 0 Å². The zero-order valence-electron chi connectivity index (χ0n) is 18.1. The minimum Gasteiger partial charge on any atom is -0.448 e. The van der Waals surface area contributed by atoms with E-state index >= 15 is 0 Å². The summed E-state index contributed by atoms with van der Waals surface area (Å²) in [5, 5.41) is 5.22. The quantitative estimate of drug-likeness (QED) is 0.477. The lowest BCUT2D eigenvalue weighted by Gasteiger charge is -2.14. The first-order valence-corrected chi connectivity index (χ1v) is 9.57. The number of anilines is 1. The first-order valence-electron chi connectivity index (χ1n) is 9.57. The van der Waals surface area contributed by atoms with Crippen molar-refractivity contribution in [3.05, 3.63) is 51.8 Å². The molecule has 3 N–H and O–H groups in total. The van der Waals surface area contributed by atoms with Gasteiger partial charge in [-0.25, -0.2) is 4.79 Å². The van der Waals surface area contributed by atoms with Gasteiger partial charge in [0.05, 0.1) is 6.54 Å². The van der Waals surface area contributed by atoms with Crippen molar-refractivity contribution in [3.8, 4) is 0 Å². The first kappa shape index (κ1) is 22.9. The summed E-state index contributed by atoms with van der Waals surface area (Å²) in [6.07, 6.45) is -1.12. The van der Waals surface area contributed by atoms with E-state index in [1.54, 1.807) is 13.8 Å². The van der Waals surface area contributed by atoms with Crippen LogP contribution in [0.3, 0.4) is 0 Å². The lowest BCUT2D eigenvalue weighted by Crippen LogP contribution is -2.40. The Bertz CT molecular complexity index is 986. The Kier molecular flexibility index (Phi) is 7.15. The van der Waals surface area contributed by atoms with E-state index in [1.807, 2.05) is 32.0 Å². The Hall–Kier alpha value is -3.42. The van der Waals surface area contributed by atoms with Crippen LogP contribution in [0.15, 0.2) is 18.2 Å². The molecule has 0 bridgehead atoms. The average Bonchev–Trinajstić information content (AvgIpc) is 2.97. The van der Waals surface area contributed by atoms with Crippen molar-refractivity contribution >= 4 is 29.3 Å². The minimum atomic E-state index is -1.12. The number of nitrogens with one attached hydrogen (secondary N) is 3. The van der Waals surface area contributed by atoms with E-state index < -0.39 is 18.0 Å². The number of hydrogen-bond acceptors (Lipinski definition) is 5. The smallest absolute Gasteiger partial charge is 0.355 e. The Morgan fingerprint density at radius 2 is 1.67 bits per heavy atom. The maximum absolute atomic E-state index is 12.4. The summed E-state index contributed by atoms with van der Waals surface area (Å²) in [5.41, 5.74) is 4.14. The summed E-state index contributed by atoms with van der Waals surface area (Å²) < 4.78 is 5.19. The van der Waals surface area contributed by atoms with Crippen LogP contribution in [0.2, 0.25) is 0 Å². The van der Waals surface area contributed by atoms with Gasteiger partial charge in [0.25, 0.3) is 5.91 Å². The number of amides is 2. The van der Waals surface area contributed by atoms with Crippen LogP contribution in [0, 0.1) is 27.7 Å². The third-order valence-corrected chi connectivity index (χ3v) is 4.82. The van der Waals surface area contributed by atoms with Gasteiger partial charge in [0, 0.05) is 16.9 Å². The number of ketones is 1. The second-order valence-electron chi connectivity index (χ2n) is 7.26. The van der Waals surface area contributed by atoms with Gasteiger partial charge in [0.1, 0.15) is 5.69 Å². The molecule has 0 spiro atoms. The molecule has 8 heteroatoms. The van der Waals surface area contributed by atoms with E-state index in [0.717, 1.165) is 11.1 Å². The molecule has 0 fully saturated rings. The van der Waals surface area contributed by atoms with Gasteiger partial charge in [-0.05, 0) is 58.2 Å². The normalized spacial score (nSPS) is 11.5. The van der Waals surface area contributed by atoms with Gasteiger partial charge < -0.3 is 20.4 Å². The molecule has 1 aromatic heterocycles. The van der Waals surface area contributed by atoms with Crippen LogP contribution in [0.25, 0.3) is 0 Å². The number of aromatic amines is 1. The van der Waals surface area contributed by atoms with Crippen molar-refractivity contribution in [2.45, 2.75) is 47.6 Å². The average molecular weight is 413 g/mol. The molecule has 0 radical (unpaired) electrons. The van der Waals surface area contributed by atoms with Crippen LogP contribution in [-0.4, -0.2) is 41.2 Å². The van der Waals surface area contributed by atoms with Crippen LogP contribution in [0.1, 0.15) is 57.1 Å². The molecule has 1 aromatic carbocycles. The number of carbonyl (C=O) groups excluding carboxylic acids is 4. The number of esters is 1. The zero-order chi connectivity index (χ0) is 22.6. The van der Waals surface area contributed by atoms with Crippen molar-refractivity contribution in [2.24, 2.45) is 0 Å². The van der Waals surface area contributed by atoms with Gasteiger partial charge in [-0.3, -0.25) is 14.4 Å². The molecule has 30 heavy (non-hydrogen) atoms. The molecule has 2 rings (SSSR count). The van der Waals surface area contributed by atoms with Crippen LogP contribution in [0.5, 0.6) is 0 Å². The molecule has 2 aromatic rings. The third kappa shape index (κ3) is 5.14. The van der Waals surface area contributed by atoms with Gasteiger partial charge >= 0.3 is 5.97 Å². The van der Waals surface area contributed by atoms with E-state index in [4.69, 9.17) is 4.74 Å². The summed E-state index contributed by atoms with van der Waals surface area (Å²) in [6.45, 7) is 9.65. The highest BCUT2D eigenvalue weighted by Crippen LogP contribution is 2.20. The summed E-state index contributed by atoms with van der Waals surface area (Å²) >= 11 is 0. The summed E-state index contributed by atoms with van der Waals surface area (Å²) in [5.74, 6) is -1.90. The zero-order valence-corrected chi connectivity index (χ0v) is 18.1. The fourth-order valence-electron chi connectivity index (χ4n) is 3.26. The standard InChI is InChI=1S/C22H27N3O5/c1-11-8-7-9-12(2)19(11)25-17(27)10-23-21(28)16(6)30-22(29)20-13(3)18(15(5)26)14(4)24-20/h7-9,16,24H,10H2,1-6H3,(H,23,28)(H,25,27). The van der Waals surface area contributed by atoms with E-state index in [9.17, 15) is 19.2 Å². The maximum atomic E-state index is 12.4. The number of rotatable bonds is 7. The summed E-state index contributed by atoms with van der Waals surface area (Å²) in [6, 6.07) is 5.65. The topological polar surface area (TPSA) is 117 Å². The molecule has 1 unspecified atom stereocenters. The van der Waals surface area contributed by atoms with Crippen LogP contribution < -0.4 is 10.6 Å². The number of H-pyrrole nitrogens is 1. The molecule has 2 amide bonds. The Morgan fingerprint density at radius 3 is 2.20 bits per heavy atom. The highest BCUT2D eigenvalue weighted by molar-refractivity contribution is 6.01. The second kappa shape index (κ2) is 9.39. The number of ether oxygens (including phenoxy) is 1. The predicted molar refractivity (Wildman–Crippen MR) is 113 cm³/mol. The van der Waals surface area contributed by atoms with E-state index in [2.05, 4.69) is 15.6 Å². The van der Waals surface area contributed by atoms with Crippen molar-refractivity contribution in [1.29, 1.82) is 0 Å².